The predicted octanol–water partition coefficient (Wildman–Crippen LogP) is 7.31. The van der Waals surface area contributed by atoms with Crippen molar-refractivity contribution < 1.29 is 17.6 Å². The number of hydrogen-bond donors (Lipinski definition) is 0. The number of benzene rings is 4. The molecular formula is C33H30N2O4S. The second-order valence-electron chi connectivity index (χ2n) is 9.40. The first-order valence-corrected chi connectivity index (χ1v) is 14.4. The Hall–Kier alpha value is -4.46. The smallest absolute Gasteiger partial charge is 0.243 e. The molecule has 1 heterocycles. The summed E-state index contributed by atoms with van der Waals surface area (Å²) in [6.07, 6.45) is 1.62. The van der Waals surface area contributed by atoms with Crippen LogP contribution in [0.5, 0.6) is 5.75 Å². The van der Waals surface area contributed by atoms with Gasteiger partial charge in [0, 0.05) is 6.54 Å². The zero-order chi connectivity index (χ0) is 27.8. The number of sulfonamides is 1. The van der Waals surface area contributed by atoms with Crippen molar-refractivity contribution in [3.05, 3.63) is 150 Å². The van der Waals surface area contributed by atoms with E-state index >= 15 is 0 Å². The van der Waals surface area contributed by atoms with E-state index in [1.807, 2.05) is 91.9 Å². The highest BCUT2D eigenvalue weighted by Crippen LogP contribution is 2.23. The van der Waals surface area contributed by atoms with Gasteiger partial charge in [0.2, 0.25) is 10.0 Å². The van der Waals surface area contributed by atoms with Crippen molar-refractivity contribution in [2.45, 2.75) is 31.5 Å². The molecule has 202 valence electrons. The summed E-state index contributed by atoms with van der Waals surface area (Å²) in [6, 6.07) is 37.5. The molecule has 0 radical (unpaired) electrons. The zero-order valence-corrected chi connectivity index (χ0v) is 23.0. The first-order valence-electron chi connectivity index (χ1n) is 13.0. The van der Waals surface area contributed by atoms with Crippen LogP contribution >= 0.6 is 0 Å². The second kappa shape index (κ2) is 12.6. The summed E-state index contributed by atoms with van der Waals surface area (Å²) < 4.78 is 40.4. The Bertz CT molecular complexity index is 1650. The minimum Gasteiger partial charge on any atom is -0.489 e. The summed E-state index contributed by atoms with van der Waals surface area (Å²) in [5.74, 6) is 1.82. The molecular weight excluding hydrogens is 520 g/mol. The van der Waals surface area contributed by atoms with E-state index in [0.717, 1.165) is 28.1 Å². The third-order valence-electron chi connectivity index (χ3n) is 6.30. The molecule has 0 aliphatic carbocycles. The number of ether oxygens (including phenoxy) is 1. The van der Waals surface area contributed by atoms with Gasteiger partial charge in [0.1, 0.15) is 23.9 Å². The average molecular weight is 551 g/mol. The van der Waals surface area contributed by atoms with Gasteiger partial charge in [0.05, 0.1) is 23.3 Å². The van der Waals surface area contributed by atoms with E-state index in [9.17, 15) is 8.42 Å². The molecule has 1 aromatic heterocycles. The fourth-order valence-electron chi connectivity index (χ4n) is 4.10. The Labute approximate surface area is 235 Å². The standard InChI is InChI=1S/C33H30N2O4S/c1-26-12-20-33(21-13-26)40(36,37)35(23-27-8-4-2-5-9-27)24-32-19-18-31(39-32)22-34-29-14-16-30(17-15-29)38-25-28-10-6-3-7-11-28/h2-22H,23-25H2,1H3. The van der Waals surface area contributed by atoms with E-state index in [-0.39, 0.29) is 18.0 Å². The lowest BCUT2D eigenvalue weighted by Gasteiger charge is -2.21. The molecule has 0 atom stereocenters. The molecule has 0 bridgehead atoms. The fraction of sp³-hybridized carbons (Fsp3) is 0.121. The third kappa shape index (κ3) is 7.14. The highest BCUT2D eigenvalue weighted by Gasteiger charge is 2.26. The van der Waals surface area contributed by atoms with Gasteiger partial charge in [-0.25, -0.2) is 8.42 Å². The lowest BCUT2D eigenvalue weighted by atomic mass is 10.2. The number of hydrogen-bond acceptors (Lipinski definition) is 5. The predicted molar refractivity (Wildman–Crippen MR) is 157 cm³/mol. The van der Waals surface area contributed by atoms with Gasteiger partial charge >= 0.3 is 0 Å². The highest BCUT2D eigenvalue weighted by atomic mass is 32.2. The van der Waals surface area contributed by atoms with Gasteiger partial charge in [0.25, 0.3) is 0 Å². The van der Waals surface area contributed by atoms with E-state index in [4.69, 9.17) is 9.15 Å². The van der Waals surface area contributed by atoms with Crippen LogP contribution in [0.4, 0.5) is 5.69 Å². The molecule has 4 aromatic carbocycles. The van der Waals surface area contributed by atoms with Gasteiger partial charge in [-0.1, -0.05) is 78.4 Å². The van der Waals surface area contributed by atoms with Gasteiger partial charge in [-0.15, -0.1) is 0 Å². The van der Waals surface area contributed by atoms with Crippen molar-refractivity contribution >= 4 is 21.9 Å². The van der Waals surface area contributed by atoms with Crippen LogP contribution < -0.4 is 4.74 Å². The van der Waals surface area contributed by atoms with Crippen LogP contribution in [0.1, 0.15) is 28.2 Å². The maximum absolute atomic E-state index is 13.6. The van der Waals surface area contributed by atoms with Gasteiger partial charge in [-0.05, 0) is 66.6 Å². The van der Waals surface area contributed by atoms with E-state index in [1.54, 1.807) is 42.6 Å². The zero-order valence-electron chi connectivity index (χ0n) is 22.2. The first kappa shape index (κ1) is 27.1. The number of furan rings is 1. The van der Waals surface area contributed by atoms with Gasteiger partial charge < -0.3 is 9.15 Å². The lowest BCUT2D eigenvalue weighted by Crippen LogP contribution is -2.30. The van der Waals surface area contributed by atoms with Crippen LogP contribution in [0.2, 0.25) is 0 Å². The van der Waals surface area contributed by atoms with Gasteiger partial charge in [0.15, 0.2) is 0 Å². The lowest BCUT2D eigenvalue weighted by molar-refractivity contribution is 0.306. The van der Waals surface area contributed by atoms with Gasteiger partial charge in [-0.2, -0.15) is 4.31 Å². The summed E-state index contributed by atoms with van der Waals surface area (Å²) in [5.41, 5.74) is 3.74. The summed E-state index contributed by atoms with van der Waals surface area (Å²) in [4.78, 5) is 4.74. The molecule has 7 heteroatoms. The Balaban J connectivity index is 1.27. The number of aliphatic imine (C=N–C) groups is 1. The Morgan fingerprint density at radius 1 is 0.750 bits per heavy atom. The van der Waals surface area contributed by atoms with E-state index in [0.29, 0.717) is 18.1 Å². The van der Waals surface area contributed by atoms with Gasteiger partial charge in [-0.3, -0.25) is 4.99 Å². The van der Waals surface area contributed by atoms with Crippen LogP contribution in [0.25, 0.3) is 0 Å². The normalized spacial score (nSPS) is 11.8. The quantitative estimate of drug-likeness (QED) is 0.162. The Morgan fingerprint density at radius 3 is 2.08 bits per heavy atom. The molecule has 5 rings (SSSR count). The van der Waals surface area contributed by atoms with Crippen LogP contribution in [0.3, 0.4) is 0 Å². The van der Waals surface area contributed by atoms with Crippen LogP contribution in [0, 0.1) is 6.92 Å². The van der Waals surface area contributed by atoms with Crippen molar-refractivity contribution in [1.29, 1.82) is 0 Å². The molecule has 0 aliphatic heterocycles. The van der Waals surface area contributed by atoms with E-state index in [2.05, 4.69) is 4.99 Å². The molecule has 0 aliphatic rings. The van der Waals surface area contributed by atoms with Crippen molar-refractivity contribution in [2.24, 2.45) is 4.99 Å². The molecule has 5 aromatic rings. The minimum atomic E-state index is -3.76. The fourth-order valence-corrected chi connectivity index (χ4v) is 5.50. The average Bonchev–Trinajstić information content (AvgIpc) is 3.44. The first-order chi connectivity index (χ1) is 19.5. The monoisotopic (exact) mass is 550 g/mol. The van der Waals surface area contributed by atoms with Crippen molar-refractivity contribution in [1.82, 2.24) is 4.31 Å². The molecule has 0 fully saturated rings. The van der Waals surface area contributed by atoms with Crippen molar-refractivity contribution in [3.8, 4) is 5.75 Å². The number of aryl methyl sites for hydroxylation is 1. The molecule has 6 nitrogen and oxygen atoms in total. The number of nitrogens with zero attached hydrogens (tertiary/aromatic N) is 2. The Kier molecular flexibility index (Phi) is 8.54. The van der Waals surface area contributed by atoms with Crippen LogP contribution in [0.15, 0.2) is 136 Å². The molecule has 0 amide bonds. The summed E-state index contributed by atoms with van der Waals surface area (Å²) in [6.45, 7) is 2.74. The van der Waals surface area contributed by atoms with Crippen molar-refractivity contribution in [3.63, 3.8) is 0 Å². The largest absolute Gasteiger partial charge is 0.489 e. The molecule has 40 heavy (non-hydrogen) atoms. The summed E-state index contributed by atoms with van der Waals surface area (Å²) in [5, 5.41) is 0. The molecule has 0 unspecified atom stereocenters. The maximum atomic E-state index is 13.6. The molecule has 0 saturated heterocycles. The summed E-state index contributed by atoms with van der Waals surface area (Å²) in [7, 11) is -3.76. The van der Waals surface area contributed by atoms with Crippen LogP contribution in [-0.2, 0) is 29.7 Å². The van der Waals surface area contributed by atoms with Crippen molar-refractivity contribution in [2.75, 3.05) is 0 Å². The Morgan fingerprint density at radius 2 is 1.40 bits per heavy atom. The maximum Gasteiger partial charge on any atom is 0.243 e. The van der Waals surface area contributed by atoms with E-state index in [1.165, 1.54) is 4.31 Å². The topological polar surface area (TPSA) is 72.1 Å². The SMILES string of the molecule is Cc1ccc(S(=O)(=O)N(Cc2ccccc2)Cc2ccc(C=Nc3ccc(OCc4ccccc4)cc3)o2)cc1. The molecule has 0 saturated carbocycles. The molecule has 0 N–H and O–H groups in total. The second-order valence-corrected chi connectivity index (χ2v) is 11.3. The molecule has 0 spiro atoms. The third-order valence-corrected chi connectivity index (χ3v) is 8.11. The van der Waals surface area contributed by atoms with Crippen LogP contribution in [-0.4, -0.2) is 18.9 Å². The van der Waals surface area contributed by atoms with E-state index < -0.39 is 10.0 Å². The minimum absolute atomic E-state index is 0.0897. The highest BCUT2D eigenvalue weighted by molar-refractivity contribution is 7.89. The summed E-state index contributed by atoms with van der Waals surface area (Å²) >= 11 is 0. The number of rotatable bonds is 11.